The fourth-order valence-corrected chi connectivity index (χ4v) is 2.33. The molecule has 0 bridgehead atoms. The number of hydrogen-bond donors (Lipinski definition) is 1. The SMILES string of the molecule is CCN(CC(C)C(=O)O)c1nc(C(C)(C)C)ns1. The Morgan fingerprint density at radius 3 is 2.50 bits per heavy atom. The van der Waals surface area contributed by atoms with Crippen LogP contribution >= 0.6 is 11.5 Å². The number of hydrogen-bond acceptors (Lipinski definition) is 5. The largest absolute Gasteiger partial charge is 0.481 e. The zero-order chi connectivity index (χ0) is 13.9. The molecule has 0 saturated heterocycles. The van der Waals surface area contributed by atoms with E-state index in [2.05, 4.69) is 30.1 Å². The summed E-state index contributed by atoms with van der Waals surface area (Å²) in [6.45, 7) is 11.1. The van der Waals surface area contributed by atoms with Crippen LogP contribution < -0.4 is 4.90 Å². The Morgan fingerprint density at radius 2 is 2.11 bits per heavy atom. The van der Waals surface area contributed by atoms with Gasteiger partial charge >= 0.3 is 5.97 Å². The zero-order valence-corrected chi connectivity index (χ0v) is 12.4. The van der Waals surface area contributed by atoms with Crippen molar-refractivity contribution in [1.82, 2.24) is 9.36 Å². The van der Waals surface area contributed by atoms with E-state index in [9.17, 15) is 4.79 Å². The van der Waals surface area contributed by atoms with E-state index >= 15 is 0 Å². The summed E-state index contributed by atoms with van der Waals surface area (Å²) in [7, 11) is 0. The molecule has 18 heavy (non-hydrogen) atoms. The molecule has 0 aromatic carbocycles. The minimum absolute atomic E-state index is 0.0768. The van der Waals surface area contributed by atoms with Gasteiger partial charge in [0.15, 0.2) is 0 Å². The van der Waals surface area contributed by atoms with Crippen molar-refractivity contribution < 1.29 is 9.90 Å². The summed E-state index contributed by atoms with van der Waals surface area (Å²) in [5.41, 5.74) is -0.0768. The van der Waals surface area contributed by atoms with Gasteiger partial charge in [-0.05, 0) is 6.92 Å². The molecule has 102 valence electrons. The summed E-state index contributed by atoms with van der Waals surface area (Å²) in [5, 5.41) is 9.75. The first-order valence-corrected chi connectivity index (χ1v) is 6.85. The maximum absolute atomic E-state index is 10.9. The van der Waals surface area contributed by atoms with Crippen LogP contribution in [0.15, 0.2) is 0 Å². The Hall–Kier alpha value is -1.17. The van der Waals surface area contributed by atoms with Gasteiger partial charge < -0.3 is 10.0 Å². The third-order valence-electron chi connectivity index (χ3n) is 2.65. The second-order valence-corrected chi connectivity index (χ2v) is 6.16. The van der Waals surface area contributed by atoms with Crippen LogP contribution in [0.1, 0.15) is 40.4 Å². The number of carbonyl (C=O) groups is 1. The molecule has 1 aromatic rings. The van der Waals surface area contributed by atoms with E-state index in [0.29, 0.717) is 6.54 Å². The molecule has 0 aliphatic rings. The fraction of sp³-hybridized carbons (Fsp3) is 0.750. The molecule has 1 rings (SSSR count). The van der Waals surface area contributed by atoms with Gasteiger partial charge in [0.2, 0.25) is 5.13 Å². The van der Waals surface area contributed by atoms with Crippen molar-refractivity contribution in [3.63, 3.8) is 0 Å². The lowest BCUT2D eigenvalue weighted by Gasteiger charge is -2.21. The molecule has 0 fully saturated rings. The Kier molecular flexibility index (Phi) is 4.67. The Balaban J connectivity index is 2.83. The Morgan fingerprint density at radius 1 is 1.50 bits per heavy atom. The topological polar surface area (TPSA) is 66.3 Å². The van der Waals surface area contributed by atoms with Crippen molar-refractivity contribution in [3.05, 3.63) is 5.82 Å². The minimum atomic E-state index is -0.783. The van der Waals surface area contributed by atoms with Crippen molar-refractivity contribution in [2.24, 2.45) is 5.92 Å². The first kappa shape index (κ1) is 14.9. The summed E-state index contributed by atoms with van der Waals surface area (Å²) in [6.07, 6.45) is 0. The average Bonchev–Trinajstić information content (AvgIpc) is 2.73. The summed E-state index contributed by atoms with van der Waals surface area (Å²) in [6, 6.07) is 0. The molecule has 0 aliphatic carbocycles. The highest BCUT2D eigenvalue weighted by molar-refractivity contribution is 7.09. The quantitative estimate of drug-likeness (QED) is 0.890. The number of rotatable bonds is 5. The summed E-state index contributed by atoms with van der Waals surface area (Å²) < 4.78 is 4.35. The van der Waals surface area contributed by atoms with Gasteiger partial charge in [0.1, 0.15) is 5.82 Å². The second kappa shape index (κ2) is 5.65. The van der Waals surface area contributed by atoms with Crippen molar-refractivity contribution >= 4 is 22.6 Å². The Labute approximate surface area is 112 Å². The van der Waals surface area contributed by atoms with Gasteiger partial charge in [0, 0.05) is 30.0 Å². The van der Waals surface area contributed by atoms with Crippen LogP contribution in [-0.4, -0.2) is 33.5 Å². The lowest BCUT2D eigenvalue weighted by atomic mass is 9.96. The molecule has 0 saturated carbocycles. The maximum atomic E-state index is 10.9. The Bertz CT molecular complexity index is 412. The summed E-state index contributed by atoms with van der Waals surface area (Å²) in [5.74, 6) is -0.384. The molecule has 1 heterocycles. The van der Waals surface area contributed by atoms with Crippen LogP contribution in [0.3, 0.4) is 0 Å². The van der Waals surface area contributed by atoms with Crippen LogP contribution in [0.4, 0.5) is 5.13 Å². The van der Waals surface area contributed by atoms with E-state index in [-0.39, 0.29) is 5.41 Å². The van der Waals surface area contributed by atoms with Gasteiger partial charge in [0.05, 0.1) is 5.92 Å². The molecular formula is C12H21N3O2S. The molecule has 1 aromatic heterocycles. The van der Waals surface area contributed by atoms with Crippen LogP contribution in [0.25, 0.3) is 0 Å². The van der Waals surface area contributed by atoms with Gasteiger partial charge in [-0.2, -0.15) is 4.37 Å². The van der Waals surface area contributed by atoms with Crippen LogP contribution in [0.5, 0.6) is 0 Å². The van der Waals surface area contributed by atoms with Gasteiger partial charge in [0.25, 0.3) is 0 Å². The third-order valence-corrected chi connectivity index (χ3v) is 3.43. The number of carboxylic acid groups (broad SMARTS) is 1. The average molecular weight is 271 g/mol. The lowest BCUT2D eigenvalue weighted by molar-refractivity contribution is -0.140. The molecule has 1 unspecified atom stereocenters. The van der Waals surface area contributed by atoms with E-state index in [1.807, 2.05) is 11.8 Å². The molecule has 0 spiro atoms. The van der Waals surface area contributed by atoms with Gasteiger partial charge in [-0.15, -0.1) is 0 Å². The van der Waals surface area contributed by atoms with Crippen LogP contribution in [0.2, 0.25) is 0 Å². The molecule has 0 amide bonds. The highest BCUT2D eigenvalue weighted by atomic mass is 32.1. The number of aliphatic carboxylic acids is 1. The van der Waals surface area contributed by atoms with Crippen molar-refractivity contribution in [2.45, 2.75) is 40.0 Å². The standard InChI is InChI=1S/C12H21N3O2S/c1-6-15(7-8(2)9(16)17)11-13-10(14-18-11)12(3,4)5/h8H,6-7H2,1-5H3,(H,16,17). The zero-order valence-electron chi connectivity index (χ0n) is 11.6. The number of anilines is 1. The lowest BCUT2D eigenvalue weighted by Crippen LogP contribution is -2.31. The van der Waals surface area contributed by atoms with E-state index in [0.717, 1.165) is 17.5 Å². The monoisotopic (exact) mass is 271 g/mol. The highest BCUT2D eigenvalue weighted by Crippen LogP contribution is 2.25. The normalized spacial score (nSPS) is 13.4. The molecule has 0 aliphatic heterocycles. The first-order chi connectivity index (χ1) is 8.25. The third kappa shape index (κ3) is 3.66. The predicted octanol–water partition coefficient (Wildman–Crippen LogP) is 2.38. The van der Waals surface area contributed by atoms with E-state index in [1.54, 1.807) is 6.92 Å². The molecule has 6 heteroatoms. The summed E-state index contributed by atoms with van der Waals surface area (Å²) >= 11 is 1.33. The molecular weight excluding hydrogens is 250 g/mol. The minimum Gasteiger partial charge on any atom is -0.481 e. The van der Waals surface area contributed by atoms with Crippen LogP contribution in [0, 0.1) is 5.92 Å². The fourth-order valence-electron chi connectivity index (χ4n) is 1.40. The van der Waals surface area contributed by atoms with Crippen LogP contribution in [-0.2, 0) is 10.2 Å². The van der Waals surface area contributed by atoms with Gasteiger partial charge in [-0.1, -0.05) is 27.7 Å². The molecule has 5 nitrogen and oxygen atoms in total. The number of nitrogens with zero attached hydrogens (tertiary/aromatic N) is 3. The second-order valence-electron chi connectivity index (χ2n) is 5.43. The van der Waals surface area contributed by atoms with Gasteiger partial charge in [-0.25, -0.2) is 4.98 Å². The number of carboxylic acids is 1. The van der Waals surface area contributed by atoms with E-state index < -0.39 is 11.9 Å². The number of aromatic nitrogens is 2. The highest BCUT2D eigenvalue weighted by Gasteiger charge is 2.23. The van der Waals surface area contributed by atoms with Crippen molar-refractivity contribution in [1.29, 1.82) is 0 Å². The van der Waals surface area contributed by atoms with Gasteiger partial charge in [-0.3, -0.25) is 4.79 Å². The van der Waals surface area contributed by atoms with E-state index in [4.69, 9.17) is 5.11 Å². The van der Waals surface area contributed by atoms with Crippen molar-refractivity contribution in [2.75, 3.05) is 18.0 Å². The maximum Gasteiger partial charge on any atom is 0.308 e. The first-order valence-electron chi connectivity index (χ1n) is 6.07. The summed E-state index contributed by atoms with van der Waals surface area (Å²) in [4.78, 5) is 17.4. The van der Waals surface area contributed by atoms with Crippen molar-refractivity contribution in [3.8, 4) is 0 Å². The van der Waals surface area contributed by atoms with E-state index in [1.165, 1.54) is 11.5 Å². The predicted molar refractivity (Wildman–Crippen MR) is 73.3 cm³/mol. The molecule has 1 N–H and O–H groups in total. The molecule has 0 radical (unpaired) electrons. The molecule has 1 atom stereocenters. The smallest absolute Gasteiger partial charge is 0.308 e.